The molecule has 0 rings (SSSR count). The van der Waals surface area contributed by atoms with Crippen LogP contribution in [0.4, 0.5) is 13.2 Å². The van der Waals surface area contributed by atoms with Crippen LogP contribution in [0.15, 0.2) is 29.9 Å². The van der Waals surface area contributed by atoms with Crippen molar-refractivity contribution in [3.05, 3.63) is 24.9 Å². The Balaban J connectivity index is 4.07. The van der Waals surface area contributed by atoms with Crippen molar-refractivity contribution in [2.45, 2.75) is 25.9 Å². The van der Waals surface area contributed by atoms with Crippen molar-refractivity contribution < 1.29 is 13.2 Å². The summed E-state index contributed by atoms with van der Waals surface area (Å²) in [6.45, 7) is 5.13. The highest BCUT2D eigenvalue weighted by Gasteiger charge is 2.26. The highest BCUT2D eigenvalue weighted by atomic mass is 19.4. The first-order valence-corrected chi connectivity index (χ1v) is 3.86. The van der Waals surface area contributed by atoms with Gasteiger partial charge in [-0.3, -0.25) is 4.99 Å². The zero-order chi connectivity index (χ0) is 10.3. The van der Waals surface area contributed by atoms with E-state index in [1.807, 2.05) is 0 Å². The molecule has 0 heterocycles. The first kappa shape index (κ1) is 11.9. The topological polar surface area (TPSA) is 12.4 Å². The molecule has 0 radical (unpaired) electrons. The maximum atomic E-state index is 11.8. The average Bonchev–Trinajstić information content (AvgIpc) is 2.03. The Bertz CT molecular complexity index is 213. The van der Waals surface area contributed by atoms with Crippen molar-refractivity contribution in [1.29, 1.82) is 0 Å². The summed E-state index contributed by atoms with van der Waals surface area (Å²) >= 11 is 0. The highest BCUT2D eigenvalue weighted by molar-refractivity contribution is 5.94. The molecule has 0 aliphatic carbocycles. The molecule has 0 saturated heterocycles. The summed E-state index contributed by atoms with van der Waals surface area (Å²) < 4.78 is 35.3. The van der Waals surface area contributed by atoms with Crippen molar-refractivity contribution in [1.82, 2.24) is 0 Å². The molecule has 74 valence electrons. The third kappa shape index (κ3) is 7.31. The van der Waals surface area contributed by atoms with E-state index in [2.05, 4.69) is 11.6 Å². The molecule has 0 fully saturated rings. The lowest BCUT2D eigenvalue weighted by molar-refractivity contribution is -0.132. The van der Waals surface area contributed by atoms with Gasteiger partial charge < -0.3 is 0 Å². The summed E-state index contributed by atoms with van der Waals surface area (Å²) in [6, 6.07) is 0. The number of hydrogen-bond acceptors (Lipinski definition) is 1. The number of hydrogen-bond donors (Lipinski definition) is 0. The van der Waals surface area contributed by atoms with Crippen LogP contribution in [0.1, 0.15) is 19.8 Å². The second-order valence-corrected chi connectivity index (χ2v) is 2.42. The second-order valence-electron chi connectivity index (χ2n) is 2.42. The quantitative estimate of drug-likeness (QED) is 0.603. The van der Waals surface area contributed by atoms with E-state index in [1.54, 1.807) is 13.0 Å². The number of aliphatic imine (C=N–C) groups is 1. The Morgan fingerprint density at radius 3 is 2.46 bits per heavy atom. The minimum absolute atomic E-state index is 0.114. The summed E-state index contributed by atoms with van der Waals surface area (Å²) in [5, 5.41) is 0. The Morgan fingerprint density at radius 1 is 1.46 bits per heavy atom. The van der Waals surface area contributed by atoms with Gasteiger partial charge in [-0.15, -0.1) is 0 Å². The monoisotopic (exact) mass is 191 g/mol. The van der Waals surface area contributed by atoms with Crippen molar-refractivity contribution in [2.75, 3.05) is 0 Å². The summed E-state index contributed by atoms with van der Waals surface area (Å²) in [5.74, 6) is 0. The standard InChI is InChI=1S/C9H12F3N/c1-3-7-13-8(4-2)5-6-9(10,11)12/h3-4,7H,2,5-6H2,1H3/b7-3-,13-8?. The molecule has 0 aromatic heterocycles. The van der Waals surface area contributed by atoms with Gasteiger partial charge in [0.05, 0.1) is 0 Å². The molecule has 0 amide bonds. The predicted molar refractivity (Wildman–Crippen MR) is 47.7 cm³/mol. The van der Waals surface area contributed by atoms with E-state index in [0.29, 0.717) is 5.71 Å². The summed E-state index contributed by atoms with van der Waals surface area (Å²) in [4.78, 5) is 3.78. The highest BCUT2D eigenvalue weighted by Crippen LogP contribution is 2.21. The van der Waals surface area contributed by atoms with Crippen molar-refractivity contribution in [2.24, 2.45) is 4.99 Å². The molecular formula is C9H12F3N. The fourth-order valence-electron chi connectivity index (χ4n) is 0.659. The molecule has 4 heteroatoms. The van der Waals surface area contributed by atoms with Crippen LogP contribution in [-0.4, -0.2) is 11.9 Å². The van der Waals surface area contributed by atoms with E-state index in [4.69, 9.17) is 0 Å². The first-order valence-electron chi connectivity index (χ1n) is 3.86. The van der Waals surface area contributed by atoms with E-state index < -0.39 is 12.6 Å². The van der Waals surface area contributed by atoms with Gasteiger partial charge in [-0.1, -0.05) is 12.7 Å². The Morgan fingerprint density at radius 2 is 2.08 bits per heavy atom. The summed E-state index contributed by atoms with van der Waals surface area (Å²) in [7, 11) is 0. The molecule has 0 aliphatic rings. The van der Waals surface area contributed by atoms with Gasteiger partial charge in [-0.2, -0.15) is 13.2 Å². The first-order chi connectivity index (χ1) is 5.99. The number of nitrogens with zero attached hydrogens (tertiary/aromatic N) is 1. The number of halogens is 3. The fourth-order valence-corrected chi connectivity index (χ4v) is 0.659. The number of rotatable bonds is 4. The molecule has 0 aromatic rings. The maximum Gasteiger partial charge on any atom is 0.389 e. The van der Waals surface area contributed by atoms with E-state index in [0.717, 1.165) is 0 Å². The minimum Gasteiger partial charge on any atom is -0.262 e. The van der Waals surface area contributed by atoms with Gasteiger partial charge in [0.2, 0.25) is 0 Å². The summed E-state index contributed by atoms with van der Waals surface area (Å²) in [6.07, 6.45) is -0.650. The fraction of sp³-hybridized carbons (Fsp3) is 0.444. The third-order valence-corrected chi connectivity index (χ3v) is 1.29. The van der Waals surface area contributed by atoms with Gasteiger partial charge in [-0.25, -0.2) is 0 Å². The Kier molecular flexibility index (Phi) is 5.11. The Hall–Kier alpha value is -1.06. The van der Waals surface area contributed by atoms with Gasteiger partial charge in [0.15, 0.2) is 0 Å². The van der Waals surface area contributed by atoms with Crippen LogP contribution in [0, 0.1) is 0 Å². The van der Waals surface area contributed by atoms with Gasteiger partial charge in [0.1, 0.15) is 0 Å². The van der Waals surface area contributed by atoms with Gasteiger partial charge in [0.25, 0.3) is 0 Å². The van der Waals surface area contributed by atoms with Crippen LogP contribution in [0.2, 0.25) is 0 Å². The molecule has 0 aromatic carbocycles. The molecule has 0 bridgehead atoms. The molecule has 1 nitrogen and oxygen atoms in total. The lowest BCUT2D eigenvalue weighted by Gasteiger charge is -2.04. The lowest BCUT2D eigenvalue weighted by Crippen LogP contribution is -2.09. The van der Waals surface area contributed by atoms with Gasteiger partial charge in [0, 0.05) is 18.3 Å². The molecular weight excluding hydrogens is 179 g/mol. The van der Waals surface area contributed by atoms with E-state index in [9.17, 15) is 13.2 Å². The van der Waals surface area contributed by atoms with Crippen LogP contribution in [0.3, 0.4) is 0 Å². The van der Waals surface area contributed by atoms with Gasteiger partial charge >= 0.3 is 6.18 Å². The average molecular weight is 191 g/mol. The van der Waals surface area contributed by atoms with Crippen molar-refractivity contribution in [3.8, 4) is 0 Å². The zero-order valence-electron chi connectivity index (χ0n) is 7.43. The maximum absolute atomic E-state index is 11.8. The van der Waals surface area contributed by atoms with Crippen LogP contribution in [-0.2, 0) is 0 Å². The van der Waals surface area contributed by atoms with Crippen LogP contribution in [0.25, 0.3) is 0 Å². The summed E-state index contributed by atoms with van der Waals surface area (Å²) in [5.41, 5.74) is 0.357. The molecule has 13 heavy (non-hydrogen) atoms. The zero-order valence-corrected chi connectivity index (χ0v) is 7.43. The van der Waals surface area contributed by atoms with Crippen molar-refractivity contribution in [3.63, 3.8) is 0 Å². The molecule has 0 N–H and O–H groups in total. The number of allylic oxidation sites excluding steroid dienone is 2. The largest absolute Gasteiger partial charge is 0.389 e. The third-order valence-electron chi connectivity index (χ3n) is 1.29. The van der Waals surface area contributed by atoms with Crippen molar-refractivity contribution >= 4 is 5.71 Å². The SMILES string of the molecule is C=CC(CCC(F)(F)F)=N/C=C\C. The van der Waals surface area contributed by atoms with E-state index >= 15 is 0 Å². The Labute approximate surface area is 75.7 Å². The second kappa shape index (κ2) is 5.56. The minimum atomic E-state index is -4.13. The molecule has 0 unspecified atom stereocenters. The molecule has 0 aliphatic heterocycles. The van der Waals surface area contributed by atoms with Crippen LogP contribution >= 0.6 is 0 Å². The predicted octanol–water partition coefficient (Wildman–Crippen LogP) is 3.49. The van der Waals surface area contributed by atoms with E-state index in [1.165, 1.54) is 12.3 Å². The van der Waals surface area contributed by atoms with E-state index in [-0.39, 0.29) is 6.42 Å². The smallest absolute Gasteiger partial charge is 0.262 e. The molecule has 0 saturated carbocycles. The van der Waals surface area contributed by atoms with Crippen LogP contribution in [0.5, 0.6) is 0 Å². The van der Waals surface area contributed by atoms with Crippen LogP contribution < -0.4 is 0 Å². The van der Waals surface area contributed by atoms with Gasteiger partial charge in [-0.05, 0) is 19.4 Å². The molecule has 0 atom stereocenters. The number of alkyl halides is 3. The normalized spacial score (nSPS) is 13.7. The molecule has 0 spiro atoms. The lowest BCUT2D eigenvalue weighted by atomic mass is 10.2.